The van der Waals surface area contributed by atoms with Crippen molar-refractivity contribution < 1.29 is 24.2 Å². The van der Waals surface area contributed by atoms with Gasteiger partial charge in [0.05, 0.1) is 25.2 Å². The number of carboxylic acid groups (broad SMARTS) is 1. The standard InChI is InChI=1S/C13H12Cl2O5/c1-19-12(18)4-5-20-13-8(2-3-11(16)17)6-9(14)7-10(13)15/h2-3,6-7H,4-5H2,1H3,(H,16,17). The Bertz CT molecular complexity index is 540. The van der Waals surface area contributed by atoms with Crippen molar-refractivity contribution in [2.24, 2.45) is 0 Å². The Morgan fingerprint density at radius 2 is 2.05 bits per heavy atom. The van der Waals surface area contributed by atoms with Gasteiger partial charge in [0.25, 0.3) is 0 Å². The van der Waals surface area contributed by atoms with E-state index in [9.17, 15) is 9.59 Å². The fraction of sp³-hybridized carbons (Fsp3) is 0.231. The summed E-state index contributed by atoms with van der Waals surface area (Å²) in [5, 5.41) is 9.21. The molecule has 7 heteroatoms. The van der Waals surface area contributed by atoms with Crippen molar-refractivity contribution in [1.82, 2.24) is 0 Å². The van der Waals surface area contributed by atoms with Crippen LogP contribution in [0.4, 0.5) is 0 Å². The molecule has 1 aromatic carbocycles. The maximum absolute atomic E-state index is 11.0. The second-order valence-electron chi connectivity index (χ2n) is 3.65. The molecule has 0 bridgehead atoms. The maximum Gasteiger partial charge on any atom is 0.328 e. The zero-order valence-electron chi connectivity index (χ0n) is 10.6. The highest BCUT2D eigenvalue weighted by Gasteiger charge is 2.10. The van der Waals surface area contributed by atoms with Crippen molar-refractivity contribution in [3.8, 4) is 5.75 Å². The molecule has 1 N–H and O–H groups in total. The Morgan fingerprint density at radius 1 is 1.35 bits per heavy atom. The van der Waals surface area contributed by atoms with E-state index in [0.29, 0.717) is 10.6 Å². The number of ether oxygens (including phenoxy) is 2. The number of carbonyl (C=O) groups excluding carboxylic acids is 1. The molecule has 20 heavy (non-hydrogen) atoms. The Hall–Kier alpha value is -1.72. The third kappa shape index (κ3) is 5.11. The van der Waals surface area contributed by atoms with E-state index in [4.69, 9.17) is 33.0 Å². The van der Waals surface area contributed by atoms with Crippen LogP contribution in [0, 0.1) is 0 Å². The average Bonchev–Trinajstić information content (AvgIpc) is 2.38. The monoisotopic (exact) mass is 318 g/mol. The summed E-state index contributed by atoms with van der Waals surface area (Å²) in [5.74, 6) is -1.27. The molecule has 1 rings (SSSR count). The highest BCUT2D eigenvalue weighted by Crippen LogP contribution is 2.33. The summed E-state index contributed by atoms with van der Waals surface area (Å²) in [4.78, 5) is 21.5. The summed E-state index contributed by atoms with van der Waals surface area (Å²) >= 11 is 11.8. The van der Waals surface area contributed by atoms with E-state index in [0.717, 1.165) is 6.08 Å². The van der Waals surface area contributed by atoms with Gasteiger partial charge >= 0.3 is 11.9 Å². The number of hydrogen-bond donors (Lipinski definition) is 1. The summed E-state index contributed by atoms with van der Waals surface area (Å²) in [5.41, 5.74) is 0.412. The fourth-order valence-electron chi connectivity index (χ4n) is 1.36. The van der Waals surface area contributed by atoms with Crippen LogP contribution >= 0.6 is 23.2 Å². The number of aliphatic carboxylic acids is 1. The second-order valence-corrected chi connectivity index (χ2v) is 4.50. The van der Waals surface area contributed by atoms with E-state index in [2.05, 4.69) is 4.74 Å². The van der Waals surface area contributed by atoms with E-state index >= 15 is 0 Å². The SMILES string of the molecule is COC(=O)CCOc1c(Cl)cc(Cl)cc1C=CC(=O)O. The van der Waals surface area contributed by atoms with Crippen molar-refractivity contribution in [2.45, 2.75) is 6.42 Å². The molecule has 0 aromatic heterocycles. The van der Waals surface area contributed by atoms with Gasteiger partial charge in [-0.1, -0.05) is 23.2 Å². The van der Waals surface area contributed by atoms with Crippen LogP contribution in [0.1, 0.15) is 12.0 Å². The van der Waals surface area contributed by atoms with E-state index in [1.807, 2.05) is 0 Å². The minimum atomic E-state index is -1.11. The molecule has 0 fully saturated rings. The number of esters is 1. The Kier molecular flexibility index (Phi) is 6.35. The molecule has 108 valence electrons. The number of methoxy groups -OCH3 is 1. The lowest BCUT2D eigenvalue weighted by atomic mass is 10.2. The molecule has 0 aliphatic carbocycles. The molecule has 1 aromatic rings. The van der Waals surface area contributed by atoms with Crippen molar-refractivity contribution in [1.29, 1.82) is 0 Å². The van der Waals surface area contributed by atoms with E-state index in [1.165, 1.54) is 25.3 Å². The summed E-state index contributed by atoms with van der Waals surface area (Å²) in [6.45, 7) is 0.0575. The molecule has 0 saturated heterocycles. The molecule has 0 atom stereocenters. The quantitative estimate of drug-likeness (QED) is 0.644. The van der Waals surface area contributed by atoms with Gasteiger partial charge in [0.2, 0.25) is 0 Å². The van der Waals surface area contributed by atoms with Crippen LogP contribution < -0.4 is 4.74 Å². The molecule has 0 saturated carbocycles. The van der Waals surface area contributed by atoms with Gasteiger partial charge in [0, 0.05) is 16.7 Å². The van der Waals surface area contributed by atoms with Crippen molar-refractivity contribution in [2.75, 3.05) is 13.7 Å². The topological polar surface area (TPSA) is 72.8 Å². The van der Waals surface area contributed by atoms with Crippen LogP contribution in [0.3, 0.4) is 0 Å². The first kappa shape index (κ1) is 16.3. The van der Waals surface area contributed by atoms with Crippen molar-refractivity contribution in [3.05, 3.63) is 33.8 Å². The normalized spacial score (nSPS) is 10.6. The molecule has 0 unspecified atom stereocenters. The van der Waals surface area contributed by atoms with E-state index in [1.54, 1.807) is 0 Å². The van der Waals surface area contributed by atoms with E-state index < -0.39 is 11.9 Å². The molecule has 0 amide bonds. The predicted molar refractivity (Wildman–Crippen MR) is 75.3 cm³/mol. The molecule has 0 radical (unpaired) electrons. The van der Waals surface area contributed by atoms with E-state index in [-0.39, 0.29) is 23.8 Å². The van der Waals surface area contributed by atoms with Crippen LogP contribution in [0.25, 0.3) is 6.08 Å². The first-order valence-corrected chi connectivity index (χ1v) is 6.29. The van der Waals surface area contributed by atoms with Gasteiger partial charge in [-0.15, -0.1) is 0 Å². The molecular weight excluding hydrogens is 307 g/mol. The van der Waals surface area contributed by atoms with Gasteiger partial charge in [0.1, 0.15) is 5.75 Å². The summed E-state index contributed by atoms with van der Waals surface area (Å²) in [6.07, 6.45) is 2.31. The molecular formula is C13H12Cl2O5. The Balaban J connectivity index is 2.92. The number of carbonyl (C=O) groups is 2. The zero-order chi connectivity index (χ0) is 15.1. The van der Waals surface area contributed by atoms with Crippen LogP contribution in [-0.4, -0.2) is 30.8 Å². The Morgan fingerprint density at radius 3 is 2.65 bits per heavy atom. The first-order chi connectivity index (χ1) is 9.43. The molecule has 0 aliphatic rings. The lowest BCUT2D eigenvalue weighted by molar-refractivity contribution is -0.141. The lowest BCUT2D eigenvalue weighted by Gasteiger charge is -2.11. The van der Waals surface area contributed by atoms with Gasteiger partial charge in [-0.05, 0) is 18.2 Å². The van der Waals surface area contributed by atoms with Gasteiger partial charge in [0.15, 0.2) is 0 Å². The van der Waals surface area contributed by atoms with Gasteiger partial charge in [-0.25, -0.2) is 4.79 Å². The summed E-state index contributed by atoms with van der Waals surface area (Å²) in [6, 6.07) is 2.98. The van der Waals surface area contributed by atoms with Crippen molar-refractivity contribution >= 4 is 41.2 Å². The molecule has 0 spiro atoms. The van der Waals surface area contributed by atoms with Crippen LogP contribution in [0.15, 0.2) is 18.2 Å². The highest BCUT2D eigenvalue weighted by molar-refractivity contribution is 6.35. The average molecular weight is 319 g/mol. The first-order valence-electron chi connectivity index (χ1n) is 5.53. The van der Waals surface area contributed by atoms with Gasteiger partial charge in [-0.3, -0.25) is 4.79 Å². The van der Waals surface area contributed by atoms with Crippen molar-refractivity contribution in [3.63, 3.8) is 0 Å². The smallest absolute Gasteiger partial charge is 0.328 e. The third-order valence-electron chi connectivity index (χ3n) is 2.22. The fourth-order valence-corrected chi connectivity index (χ4v) is 1.92. The second kappa shape index (κ2) is 7.77. The lowest BCUT2D eigenvalue weighted by Crippen LogP contribution is -2.08. The van der Waals surface area contributed by atoms with Gasteiger partial charge in [-0.2, -0.15) is 0 Å². The number of hydrogen-bond acceptors (Lipinski definition) is 4. The van der Waals surface area contributed by atoms with Crippen LogP contribution in [0.5, 0.6) is 5.75 Å². The predicted octanol–water partition coefficient (Wildman–Crippen LogP) is 3.03. The molecule has 0 heterocycles. The number of halogens is 2. The van der Waals surface area contributed by atoms with Crippen LogP contribution in [0.2, 0.25) is 10.0 Å². The minimum absolute atomic E-state index is 0.0531. The number of rotatable bonds is 6. The molecule has 0 aliphatic heterocycles. The maximum atomic E-state index is 11.0. The third-order valence-corrected chi connectivity index (χ3v) is 2.72. The summed E-state index contributed by atoms with van der Waals surface area (Å²) in [7, 11) is 1.28. The number of carboxylic acids is 1. The number of benzene rings is 1. The Labute approximate surface area is 125 Å². The largest absolute Gasteiger partial charge is 0.491 e. The minimum Gasteiger partial charge on any atom is -0.491 e. The zero-order valence-corrected chi connectivity index (χ0v) is 12.1. The van der Waals surface area contributed by atoms with Crippen LogP contribution in [-0.2, 0) is 14.3 Å². The summed E-state index contributed by atoms with van der Waals surface area (Å²) < 4.78 is 9.87. The van der Waals surface area contributed by atoms with Gasteiger partial charge < -0.3 is 14.6 Å². The molecule has 5 nitrogen and oxygen atoms in total. The highest BCUT2D eigenvalue weighted by atomic mass is 35.5.